The van der Waals surface area contributed by atoms with Crippen LogP contribution in [0.3, 0.4) is 0 Å². The minimum absolute atomic E-state index is 0.0539. The normalized spacial score (nSPS) is 16.2. The fraction of sp³-hybridized carbons (Fsp3) is 0.833. The molecule has 4 nitrogen and oxygen atoms in total. The molecule has 0 aromatic carbocycles. The highest BCUT2D eigenvalue weighted by molar-refractivity contribution is 9.10. The first kappa shape index (κ1) is 16.4. The molecule has 17 heavy (non-hydrogen) atoms. The van der Waals surface area contributed by atoms with E-state index in [9.17, 15) is 9.59 Å². The van der Waals surface area contributed by atoms with Crippen LogP contribution < -0.4 is 5.32 Å². The molecule has 100 valence electrons. The van der Waals surface area contributed by atoms with E-state index in [0.717, 1.165) is 6.42 Å². The van der Waals surface area contributed by atoms with Crippen LogP contribution in [-0.4, -0.2) is 29.9 Å². The van der Waals surface area contributed by atoms with E-state index in [2.05, 4.69) is 21.2 Å². The van der Waals surface area contributed by atoms with Crippen LogP contribution in [0.25, 0.3) is 0 Å². The molecule has 5 heteroatoms. The fourth-order valence-corrected chi connectivity index (χ4v) is 1.46. The first-order valence-corrected chi connectivity index (χ1v) is 6.78. The number of rotatable bonds is 6. The first-order valence-electron chi connectivity index (χ1n) is 5.87. The highest BCUT2D eigenvalue weighted by Crippen LogP contribution is 2.14. The molecule has 0 spiro atoms. The maximum atomic E-state index is 11.9. The smallest absolute Gasteiger partial charge is 0.328 e. The molecule has 0 aliphatic carbocycles. The largest absolute Gasteiger partial charge is 0.467 e. The molecule has 0 heterocycles. The molecule has 3 unspecified atom stereocenters. The number of carbonyl (C=O) groups excluding carboxylic acids is 2. The summed E-state index contributed by atoms with van der Waals surface area (Å²) in [4.78, 5) is 23.2. The van der Waals surface area contributed by atoms with Crippen LogP contribution in [0.5, 0.6) is 0 Å². The number of esters is 1. The maximum Gasteiger partial charge on any atom is 0.328 e. The Morgan fingerprint density at radius 2 is 1.82 bits per heavy atom. The predicted molar refractivity (Wildman–Crippen MR) is 71.0 cm³/mol. The summed E-state index contributed by atoms with van der Waals surface area (Å²) in [6.07, 6.45) is 0.800. The molecule has 0 fully saturated rings. The number of alkyl halides is 1. The summed E-state index contributed by atoms with van der Waals surface area (Å²) >= 11 is 3.31. The van der Waals surface area contributed by atoms with Gasteiger partial charge in [0.1, 0.15) is 6.04 Å². The Labute approximate surface area is 112 Å². The zero-order valence-corrected chi connectivity index (χ0v) is 12.7. The van der Waals surface area contributed by atoms with Gasteiger partial charge in [0.05, 0.1) is 11.9 Å². The lowest BCUT2D eigenvalue weighted by Crippen LogP contribution is -2.48. The van der Waals surface area contributed by atoms with Crippen LogP contribution in [0, 0.1) is 11.8 Å². The van der Waals surface area contributed by atoms with Crippen molar-refractivity contribution in [2.24, 2.45) is 11.8 Å². The zero-order chi connectivity index (χ0) is 13.6. The standard InChI is InChI=1S/C12H22BrNO3/c1-6-8(4)10(12(16)17-5)14-11(15)9(13)7(2)3/h7-10H,6H2,1-5H3,(H,14,15). The number of nitrogens with one attached hydrogen (secondary N) is 1. The Hall–Kier alpha value is -0.580. The number of hydrogen-bond acceptors (Lipinski definition) is 3. The first-order chi connectivity index (χ1) is 7.84. The Bertz CT molecular complexity index is 268. The molecule has 0 aliphatic heterocycles. The number of carbonyl (C=O) groups is 2. The number of hydrogen-bond donors (Lipinski definition) is 1. The highest BCUT2D eigenvalue weighted by atomic mass is 79.9. The molecule has 0 saturated heterocycles. The van der Waals surface area contributed by atoms with Crippen molar-refractivity contribution in [3.8, 4) is 0 Å². The average molecular weight is 308 g/mol. The third kappa shape index (κ3) is 5.06. The summed E-state index contributed by atoms with van der Waals surface area (Å²) in [6, 6.07) is -0.573. The van der Waals surface area contributed by atoms with E-state index in [-0.39, 0.29) is 22.6 Å². The van der Waals surface area contributed by atoms with E-state index in [1.807, 2.05) is 27.7 Å². The monoisotopic (exact) mass is 307 g/mol. The summed E-state index contributed by atoms with van der Waals surface area (Å²) in [6.45, 7) is 7.77. The van der Waals surface area contributed by atoms with Gasteiger partial charge in [0.25, 0.3) is 0 Å². The molecule has 0 rings (SSSR count). The van der Waals surface area contributed by atoms with Gasteiger partial charge < -0.3 is 10.1 Å². The Balaban J connectivity index is 4.64. The van der Waals surface area contributed by atoms with E-state index < -0.39 is 12.0 Å². The van der Waals surface area contributed by atoms with Crippen molar-refractivity contribution in [2.45, 2.75) is 45.0 Å². The van der Waals surface area contributed by atoms with Crippen molar-refractivity contribution in [1.82, 2.24) is 5.32 Å². The van der Waals surface area contributed by atoms with E-state index >= 15 is 0 Å². The van der Waals surface area contributed by atoms with Gasteiger partial charge >= 0.3 is 5.97 Å². The molecule has 1 N–H and O–H groups in total. The van der Waals surface area contributed by atoms with E-state index in [1.165, 1.54) is 7.11 Å². The minimum atomic E-state index is -0.573. The molecule has 1 amide bonds. The van der Waals surface area contributed by atoms with Gasteiger partial charge in [0, 0.05) is 0 Å². The predicted octanol–water partition coefficient (Wildman–Crippen LogP) is 2.11. The lowest BCUT2D eigenvalue weighted by Gasteiger charge is -2.24. The van der Waals surface area contributed by atoms with Gasteiger partial charge in [-0.05, 0) is 11.8 Å². The van der Waals surface area contributed by atoms with Gasteiger partial charge in [-0.2, -0.15) is 0 Å². The lowest BCUT2D eigenvalue weighted by molar-refractivity contribution is -0.146. The second-order valence-corrected chi connectivity index (χ2v) is 5.53. The minimum Gasteiger partial charge on any atom is -0.467 e. The molecule has 3 atom stereocenters. The second kappa shape index (κ2) is 7.69. The Morgan fingerprint density at radius 3 is 2.18 bits per heavy atom. The average Bonchev–Trinajstić information content (AvgIpc) is 2.32. The van der Waals surface area contributed by atoms with Crippen LogP contribution in [0.2, 0.25) is 0 Å². The fourth-order valence-electron chi connectivity index (χ4n) is 1.33. The molecule has 0 bridgehead atoms. The van der Waals surface area contributed by atoms with E-state index in [0.29, 0.717) is 0 Å². The summed E-state index contributed by atoms with van der Waals surface area (Å²) in [5.74, 6) is -0.338. The van der Waals surface area contributed by atoms with Crippen LogP contribution in [0.1, 0.15) is 34.1 Å². The molecule has 0 aliphatic rings. The third-order valence-electron chi connectivity index (χ3n) is 2.80. The lowest BCUT2D eigenvalue weighted by atomic mass is 9.98. The van der Waals surface area contributed by atoms with Crippen molar-refractivity contribution in [1.29, 1.82) is 0 Å². The summed E-state index contributed by atoms with van der Waals surface area (Å²) < 4.78 is 4.71. The van der Waals surface area contributed by atoms with Crippen molar-refractivity contribution in [3.63, 3.8) is 0 Å². The number of halogens is 1. The van der Waals surface area contributed by atoms with Crippen LogP contribution in [0.15, 0.2) is 0 Å². The quantitative estimate of drug-likeness (QED) is 0.604. The Morgan fingerprint density at radius 1 is 1.29 bits per heavy atom. The van der Waals surface area contributed by atoms with Crippen molar-refractivity contribution in [3.05, 3.63) is 0 Å². The summed E-state index contributed by atoms with van der Waals surface area (Å²) in [7, 11) is 1.33. The molecular formula is C12H22BrNO3. The zero-order valence-electron chi connectivity index (χ0n) is 11.1. The van der Waals surface area contributed by atoms with Crippen LogP contribution in [-0.2, 0) is 14.3 Å². The van der Waals surface area contributed by atoms with Gasteiger partial charge in [-0.25, -0.2) is 4.79 Å². The van der Waals surface area contributed by atoms with Crippen LogP contribution >= 0.6 is 15.9 Å². The van der Waals surface area contributed by atoms with Crippen molar-refractivity contribution < 1.29 is 14.3 Å². The summed E-state index contributed by atoms with van der Waals surface area (Å²) in [5, 5.41) is 2.74. The Kier molecular flexibility index (Phi) is 7.43. The number of methoxy groups -OCH3 is 1. The van der Waals surface area contributed by atoms with Gasteiger partial charge in [0.15, 0.2) is 0 Å². The molecule has 0 aromatic heterocycles. The number of amides is 1. The maximum absolute atomic E-state index is 11.9. The highest BCUT2D eigenvalue weighted by Gasteiger charge is 2.29. The number of ether oxygens (including phenoxy) is 1. The van der Waals surface area contributed by atoms with Crippen molar-refractivity contribution in [2.75, 3.05) is 7.11 Å². The van der Waals surface area contributed by atoms with Crippen molar-refractivity contribution >= 4 is 27.8 Å². The SMILES string of the molecule is CCC(C)C(NC(=O)C(Br)C(C)C)C(=O)OC. The van der Waals surface area contributed by atoms with Gasteiger partial charge in [-0.15, -0.1) is 0 Å². The van der Waals surface area contributed by atoms with Gasteiger partial charge in [0.2, 0.25) is 5.91 Å². The van der Waals surface area contributed by atoms with Gasteiger partial charge in [-0.1, -0.05) is 50.0 Å². The van der Waals surface area contributed by atoms with E-state index in [1.54, 1.807) is 0 Å². The van der Waals surface area contributed by atoms with E-state index in [4.69, 9.17) is 4.74 Å². The molecule has 0 aromatic rings. The molecule has 0 radical (unpaired) electrons. The van der Waals surface area contributed by atoms with Crippen LogP contribution in [0.4, 0.5) is 0 Å². The second-order valence-electron chi connectivity index (χ2n) is 4.54. The third-order valence-corrected chi connectivity index (χ3v) is 4.27. The topological polar surface area (TPSA) is 55.4 Å². The molecular weight excluding hydrogens is 286 g/mol. The summed E-state index contributed by atoms with van der Waals surface area (Å²) in [5.41, 5.74) is 0. The van der Waals surface area contributed by atoms with Gasteiger partial charge in [-0.3, -0.25) is 4.79 Å². The molecule has 0 saturated carbocycles.